The summed E-state index contributed by atoms with van der Waals surface area (Å²) < 4.78 is 0.951. The summed E-state index contributed by atoms with van der Waals surface area (Å²) in [6.07, 6.45) is 1.000. The number of nitrogens with zero attached hydrogens (tertiary/aromatic N) is 2. The number of hydrogen-bond acceptors (Lipinski definition) is 3. The number of alkyl halides is 1. The molecule has 1 aliphatic heterocycles. The molecule has 0 bridgehead atoms. The van der Waals surface area contributed by atoms with Gasteiger partial charge in [-0.3, -0.25) is 4.90 Å². The maximum Gasteiger partial charge on any atom is 0.0592 e. The molecule has 1 aliphatic rings. The van der Waals surface area contributed by atoms with Gasteiger partial charge >= 0.3 is 0 Å². The lowest BCUT2D eigenvalue weighted by molar-refractivity contribution is 0.189. The number of benzene rings is 1. The fraction of sp³-hybridized carbons (Fsp3) is 0.600. The summed E-state index contributed by atoms with van der Waals surface area (Å²) in [7, 11) is 0. The van der Waals surface area contributed by atoms with E-state index in [-0.39, 0.29) is 11.4 Å². The lowest BCUT2D eigenvalue weighted by Gasteiger charge is -2.36. The Morgan fingerprint density at radius 1 is 1.29 bits per heavy atom. The molecule has 0 radical (unpaired) electrons. The standard InChI is InChI=1S/C15H21Br2ClN2O/c1-2-13(16)12-9-11(10-14(17)15(12)18)20-5-3-19(4-6-20)7-8-21/h9-10,13,21H,2-8H2,1H3. The molecular weight excluding hydrogens is 419 g/mol. The van der Waals surface area contributed by atoms with Crippen LogP contribution in [0.3, 0.4) is 0 Å². The van der Waals surface area contributed by atoms with E-state index in [1.165, 1.54) is 5.69 Å². The topological polar surface area (TPSA) is 26.7 Å². The quantitative estimate of drug-likeness (QED) is 0.700. The first-order chi connectivity index (χ1) is 10.1. The highest BCUT2D eigenvalue weighted by Crippen LogP contribution is 2.39. The van der Waals surface area contributed by atoms with E-state index >= 15 is 0 Å². The average Bonchev–Trinajstić information content (AvgIpc) is 2.50. The predicted octanol–water partition coefficient (Wildman–Crippen LogP) is 4.06. The van der Waals surface area contributed by atoms with Gasteiger partial charge in [-0.05, 0) is 40.0 Å². The second-order valence-electron chi connectivity index (χ2n) is 5.26. The molecule has 6 heteroatoms. The lowest BCUT2D eigenvalue weighted by atomic mass is 10.1. The third-order valence-corrected chi connectivity index (χ3v) is 6.31. The van der Waals surface area contributed by atoms with Crippen LogP contribution in [0.1, 0.15) is 23.7 Å². The second kappa shape index (κ2) is 8.16. The molecule has 1 N–H and O–H groups in total. The highest BCUT2D eigenvalue weighted by molar-refractivity contribution is 9.10. The summed E-state index contributed by atoms with van der Waals surface area (Å²) in [4.78, 5) is 4.95. The Kier molecular flexibility index (Phi) is 6.81. The van der Waals surface area contributed by atoms with Crippen molar-refractivity contribution in [2.24, 2.45) is 0 Å². The fourth-order valence-corrected chi connectivity index (χ4v) is 3.79. The summed E-state index contributed by atoms with van der Waals surface area (Å²) >= 11 is 13.7. The van der Waals surface area contributed by atoms with Crippen LogP contribution in [-0.4, -0.2) is 49.3 Å². The van der Waals surface area contributed by atoms with Gasteiger partial charge in [-0.25, -0.2) is 0 Å². The van der Waals surface area contributed by atoms with Gasteiger partial charge in [0.05, 0.1) is 11.6 Å². The SMILES string of the molecule is CCC(Br)c1cc(N2CCN(CCO)CC2)cc(Br)c1Cl. The number of rotatable bonds is 5. The van der Waals surface area contributed by atoms with Gasteiger partial charge in [-0.1, -0.05) is 34.5 Å². The molecule has 3 nitrogen and oxygen atoms in total. The summed E-state index contributed by atoms with van der Waals surface area (Å²) in [5, 5.41) is 9.80. The molecule has 1 fully saturated rings. The smallest absolute Gasteiger partial charge is 0.0592 e. The summed E-state index contributed by atoms with van der Waals surface area (Å²) in [5.74, 6) is 0. The van der Waals surface area contributed by atoms with Crippen LogP contribution in [0.4, 0.5) is 5.69 Å². The van der Waals surface area contributed by atoms with Crippen LogP contribution in [0.25, 0.3) is 0 Å². The van der Waals surface area contributed by atoms with Crippen molar-refractivity contribution in [3.05, 3.63) is 27.2 Å². The Hall–Kier alpha value is 0.190. The highest BCUT2D eigenvalue weighted by atomic mass is 79.9. The molecule has 0 saturated carbocycles. The molecule has 1 heterocycles. The number of piperazine rings is 1. The van der Waals surface area contributed by atoms with E-state index in [1.54, 1.807) is 0 Å². The van der Waals surface area contributed by atoms with Crippen molar-refractivity contribution in [1.29, 1.82) is 0 Å². The van der Waals surface area contributed by atoms with E-state index < -0.39 is 0 Å². The molecule has 0 amide bonds. The Morgan fingerprint density at radius 2 is 1.95 bits per heavy atom. The van der Waals surface area contributed by atoms with Crippen molar-refractivity contribution in [1.82, 2.24) is 4.90 Å². The number of aliphatic hydroxyl groups is 1. The van der Waals surface area contributed by atoms with E-state index in [1.807, 2.05) is 0 Å². The minimum atomic E-state index is 0.235. The first-order valence-corrected chi connectivity index (χ1v) is 9.36. The molecule has 0 aromatic heterocycles. The third-order valence-electron chi connectivity index (χ3n) is 3.89. The number of hydrogen-bond donors (Lipinski definition) is 1. The van der Waals surface area contributed by atoms with Crippen LogP contribution in [0.5, 0.6) is 0 Å². The number of aliphatic hydroxyl groups excluding tert-OH is 1. The molecule has 1 aromatic carbocycles. The first-order valence-electron chi connectivity index (χ1n) is 7.28. The Balaban J connectivity index is 2.16. The molecule has 1 unspecified atom stereocenters. The van der Waals surface area contributed by atoms with Crippen molar-refractivity contribution >= 4 is 49.1 Å². The summed E-state index contributed by atoms with van der Waals surface area (Å²) in [6.45, 7) is 7.08. The van der Waals surface area contributed by atoms with E-state index in [4.69, 9.17) is 16.7 Å². The van der Waals surface area contributed by atoms with Crippen LogP contribution < -0.4 is 4.90 Å². The maximum absolute atomic E-state index is 9.01. The minimum Gasteiger partial charge on any atom is -0.395 e. The number of β-amino-alcohol motifs (C(OH)–C–C–N with tert-alkyl or cyclic N) is 1. The van der Waals surface area contributed by atoms with Crippen molar-refractivity contribution in [3.8, 4) is 0 Å². The molecule has 2 rings (SSSR count). The lowest BCUT2D eigenvalue weighted by Crippen LogP contribution is -2.47. The molecular formula is C15H21Br2ClN2O. The van der Waals surface area contributed by atoms with Crippen molar-refractivity contribution in [2.45, 2.75) is 18.2 Å². The largest absolute Gasteiger partial charge is 0.395 e. The second-order valence-corrected chi connectivity index (χ2v) is 7.60. The number of halogens is 3. The molecule has 118 valence electrons. The average molecular weight is 441 g/mol. The molecule has 1 saturated heterocycles. The molecule has 1 aromatic rings. The zero-order valence-electron chi connectivity index (χ0n) is 12.2. The van der Waals surface area contributed by atoms with Gasteiger partial charge in [-0.2, -0.15) is 0 Å². The normalized spacial score (nSPS) is 18.0. The Morgan fingerprint density at radius 3 is 2.52 bits per heavy atom. The van der Waals surface area contributed by atoms with E-state index in [9.17, 15) is 0 Å². The van der Waals surface area contributed by atoms with Crippen molar-refractivity contribution < 1.29 is 5.11 Å². The van der Waals surface area contributed by atoms with Gasteiger partial charge in [0.15, 0.2) is 0 Å². The van der Waals surface area contributed by atoms with E-state index in [0.29, 0.717) is 0 Å². The Labute approximate surface area is 148 Å². The van der Waals surface area contributed by atoms with Crippen molar-refractivity contribution in [3.63, 3.8) is 0 Å². The monoisotopic (exact) mass is 438 g/mol. The van der Waals surface area contributed by atoms with E-state index in [0.717, 1.165) is 54.2 Å². The van der Waals surface area contributed by atoms with Crippen LogP contribution in [0.15, 0.2) is 16.6 Å². The maximum atomic E-state index is 9.01. The van der Waals surface area contributed by atoms with Crippen LogP contribution in [0.2, 0.25) is 5.02 Å². The molecule has 0 spiro atoms. The van der Waals surface area contributed by atoms with Gasteiger partial charge in [-0.15, -0.1) is 0 Å². The van der Waals surface area contributed by atoms with Crippen LogP contribution in [0, 0.1) is 0 Å². The Bertz CT molecular complexity index is 479. The van der Waals surface area contributed by atoms with E-state index in [2.05, 4.69) is 60.7 Å². The minimum absolute atomic E-state index is 0.235. The number of anilines is 1. The van der Waals surface area contributed by atoms with Gasteiger partial charge in [0.25, 0.3) is 0 Å². The molecule has 1 atom stereocenters. The van der Waals surface area contributed by atoms with Gasteiger partial charge in [0, 0.05) is 47.7 Å². The van der Waals surface area contributed by atoms with Gasteiger partial charge < -0.3 is 10.0 Å². The zero-order valence-corrected chi connectivity index (χ0v) is 16.1. The third kappa shape index (κ3) is 4.35. The zero-order chi connectivity index (χ0) is 15.4. The summed E-state index contributed by atoms with van der Waals surface area (Å²) in [5.41, 5.74) is 2.35. The van der Waals surface area contributed by atoms with Crippen LogP contribution >= 0.6 is 43.5 Å². The molecule has 0 aliphatic carbocycles. The first kappa shape index (κ1) is 17.5. The van der Waals surface area contributed by atoms with Gasteiger partial charge in [0.1, 0.15) is 0 Å². The fourth-order valence-electron chi connectivity index (χ4n) is 2.60. The van der Waals surface area contributed by atoms with Crippen LogP contribution in [-0.2, 0) is 0 Å². The highest BCUT2D eigenvalue weighted by Gasteiger charge is 2.20. The van der Waals surface area contributed by atoms with Crippen molar-refractivity contribution in [2.75, 3.05) is 44.2 Å². The summed E-state index contributed by atoms with van der Waals surface area (Å²) in [6, 6.07) is 4.29. The molecule has 21 heavy (non-hydrogen) atoms. The predicted molar refractivity (Wildman–Crippen MR) is 96.8 cm³/mol. The van der Waals surface area contributed by atoms with Gasteiger partial charge in [0.2, 0.25) is 0 Å².